The van der Waals surface area contributed by atoms with Crippen LogP contribution in [0.25, 0.3) is 0 Å². The number of carbonyl (C=O) groups is 1. The monoisotopic (exact) mass is 319 g/mol. The van der Waals surface area contributed by atoms with Gasteiger partial charge < -0.3 is 5.32 Å². The Balaban J connectivity index is 2.28. The summed E-state index contributed by atoms with van der Waals surface area (Å²) in [5.74, 6) is 0.493. The molecule has 5 heteroatoms. The van der Waals surface area contributed by atoms with Crippen LogP contribution >= 0.6 is 15.9 Å². The van der Waals surface area contributed by atoms with E-state index in [4.69, 9.17) is 0 Å². The average Bonchev–Trinajstić information content (AvgIpc) is 2.30. The summed E-state index contributed by atoms with van der Waals surface area (Å²) in [6.07, 6.45) is 0. The Bertz CT molecular complexity index is 600. The molecular weight excluding hydrogens is 306 g/mol. The van der Waals surface area contributed by atoms with E-state index < -0.39 is 0 Å². The minimum Gasteiger partial charge on any atom is -0.322 e. The summed E-state index contributed by atoms with van der Waals surface area (Å²) in [5, 5.41) is 2.85. The Morgan fingerprint density at radius 3 is 2.11 bits per heavy atom. The molecule has 2 rings (SSSR count). The first-order chi connectivity index (χ1) is 8.97. The number of hydrogen-bond acceptors (Lipinski definition) is 3. The molecular formula is C14H14BrN3O. The van der Waals surface area contributed by atoms with Crippen molar-refractivity contribution in [1.82, 2.24) is 9.97 Å². The topological polar surface area (TPSA) is 54.9 Å². The molecule has 0 bridgehead atoms. The number of nitrogens with one attached hydrogen (secondary N) is 1. The molecule has 0 atom stereocenters. The van der Waals surface area contributed by atoms with E-state index in [0.29, 0.717) is 22.8 Å². The van der Waals surface area contributed by atoms with E-state index in [0.717, 1.165) is 10.2 Å². The number of benzene rings is 1. The Hall–Kier alpha value is -1.75. The number of halogens is 1. The smallest absolute Gasteiger partial charge is 0.259 e. The van der Waals surface area contributed by atoms with Crippen molar-refractivity contribution >= 4 is 27.5 Å². The van der Waals surface area contributed by atoms with Gasteiger partial charge in [0.05, 0.1) is 17.0 Å². The number of amides is 1. The van der Waals surface area contributed by atoms with E-state index in [1.54, 1.807) is 0 Å². The molecule has 0 unspecified atom stereocenters. The number of hydrogen-bond donors (Lipinski definition) is 1. The van der Waals surface area contributed by atoms with Crippen molar-refractivity contribution in [3.63, 3.8) is 0 Å². The van der Waals surface area contributed by atoms with Crippen LogP contribution in [-0.2, 0) is 0 Å². The van der Waals surface area contributed by atoms with Gasteiger partial charge in [-0.05, 0) is 45.0 Å². The standard InChI is InChI=1S/C14H14BrN3O/c1-8-13(9(2)17-10(3)16-8)14(19)18-12-6-4-11(15)5-7-12/h4-7H,1-3H3,(H,18,19). The summed E-state index contributed by atoms with van der Waals surface area (Å²) >= 11 is 3.36. The van der Waals surface area contributed by atoms with Crippen molar-refractivity contribution in [3.8, 4) is 0 Å². The SMILES string of the molecule is Cc1nc(C)c(C(=O)Nc2ccc(Br)cc2)c(C)n1. The maximum atomic E-state index is 12.2. The highest BCUT2D eigenvalue weighted by atomic mass is 79.9. The van der Waals surface area contributed by atoms with Crippen LogP contribution in [0.1, 0.15) is 27.6 Å². The third-order valence-electron chi connectivity index (χ3n) is 2.71. The summed E-state index contributed by atoms with van der Waals surface area (Å²) in [6, 6.07) is 7.42. The van der Waals surface area contributed by atoms with Gasteiger partial charge in [0, 0.05) is 10.2 Å². The van der Waals surface area contributed by atoms with Crippen LogP contribution in [0.5, 0.6) is 0 Å². The van der Waals surface area contributed by atoms with Crippen LogP contribution in [0.3, 0.4) is 0 Å². The van der Waals surface area contributed by atoms with Crippen molar-refractivity contribution in [3.05, 3.63) is 51.5 Å². The van der Waals surface area contributed by atoms with Crippen molar-refractivity contribution < 1.29 is 4.79 Å². The summed E-state index contributed by atoms with van der Waals surface area (Å²) in [4.78, 5) is 20.7. The fraction of sp³-hybridized carbons (Fsp3) is 0.214. The van der Waals surface area contributed by atoms with E-state index in [-0.39, 0.29) is 5.91 Å². The lowest BCUT2D eigenvalue weighted by Crippen LogP contribution is -2.17. The summed E-state index contributed by atoms with van der Waals surface area (Å²) in [5.41, 5.74) is 2.67. The van der Waals surface area contributed by atoms with Crippen LogP contribution in [0.15, 0.2) is 28.7 Å². The fourth-order valence-electron chi connectivity index (χ4n) is 1.94. The first-order valence-corrected chi connectivity index (χ1v) is 6.65. The van der Waals surface area contributed by atoms with Gasteiger partial charge in [-0.25, -0.2) is 9.97 Å². The Morgan fingerprint density at radius 2 is 1.58 bits per heavy atom. The molecule has 1 aromatic heterocycles. The second-order valence-electron chi connectivity index (χ2n) is 4.28. The summed E-state index contributed by atoms with van der Waals surface area (Å²) < 4.78 is 0.969. The largest absolute Gasteiger partial charge is 0.322 e. The van der Waals surface area contributed by atoms with Crippen LogP contribution in [0.4, 0.5) is 5.69 Å². The van der Waals surface area contributed by atoms with Gasteiger partial charge >= 0.3 is 0 Å². The molecule has 19 heavy (non-hydrogen) atoms. The van der Waals surface area contributed by atoms with Gasteiger partial charge in [-0.3, -0.25) is 4.79 Å². The second-order valence-corrected chi connectivity index (χ2v) is 5.19. The molecule has 0 saturated heterocycles. The quantitative estimate of drug-likeness (QED) is 0.922. The zero-order chi connectivity index (χ0) is 14.0. The fourth-order valence-corrected chi connectivity index (χ4v) is 2.20. The third kappa shape index (κ3) is 3.17. The molecule has 1 aromatic carbocycles. The highest BCUT2D eigenvalue weighted by Gasteiger charge is 2.15. The minimum absolute atomic E-state index is 0.183. The molecule has 0 aliphatic carbocycles. The van der Waals surface area contributed by atoms with E-state index in [9.17, 15) is 4.79 Å². The van der Waals surface area contributed by atoms with Crippen LogP contribution < -0.4 is 5.32 Å². The predicted octanol–water partition coefficient (Wildman–Crippen LogP) is 3.42. The summed E-state index contributed by atoms with van der Waals surface area (Å²) in [6.45, 7) is 5.45. The van der Waals surface area contributed by atoms with Crippen molar-refractivity contribution in [1.29, 1.82) is 0 Å². The number of nitrogens with zero attached hydrogens (tertiary/aromatic N) is 2. The van der Waals surface area contributed by atoms with Gasteiger partial charge in [-0.1, -0.05) is 15.9 Å². The van der Waals surface area contributed by atoms with Gasteiger partial charge in [0.2, 0.25) is 0 Å². The molecule has 4 nitrogen and oxygen atoms in total. The molecule has 0 aliphatic rings. The Kier molecular flexibility index (Phi) is 3.95. The first-order valence-electron chi connectivity index (χ1n) is 5.86. The molecule has 1 amide bonds. The number of anilines is 1. The van der Waals surface area contributed by atoms with Crippen molar-refractivity contribution in [2.45, 2.75) is 20.8 Å². The second kappa shape index (κ2) is 5.48. The normalized spacial score (nSPS) is 10.3. The van der Waals surface area contributed by atoms with Gasteiger partial charge in [0.1, 0.15) is 5.82 Å². The molecule has 0 saturated carbocycles. The number of rotatable bonds is 2. The van der Waals surface area contributed by atoms with E-state index in [1.165, 1.54) is 0 Å². The van der Waals surface area contributed by atoms with E-state index in [1.807, 2.05) is 45.0 Å². The zero-order valence-corrected chi connectivity index (χ0v) is 12.6. The molecule has 0 fully saturated rings. The van der Waals surface area contributed by atoms with Crippen LogP contribution in [0.2, 0.25) is 0 Å². The number of aryl methyl sites for hydroxylation is 3. The summed E-state index contributed by atoms with van der Waals surface area (Å²) in [7, 11) is 0. The van der Waals surface area contributed by atoms with Gasteiger partial charge in [0.15, 0.2) is 0 Å². The van der Waals surface area contributed by atoms with Gasteiger partial charge in [-0.15, -0.1) is 0 Å². The lowest BCUT2D eigenvalue weighted by molar-refractivity contribution is 0.102. The molecule has 0 spiro atoms. The lowest BCUT2D eigenvalue weighted by atomic mass is 10.1. The van der Waals surface area contributed by atoms with Gasteiger partial charge in [0.25, 0.3) is 5.91 Å². The molecule has 2 aromatic rings. The maximum absolute atomic E-state index is 12.2. The molecule has 98 valence electrons. The van der Waals surface area contributed by atoms with E-state index in [2.05, 4.69) is 31.2 Å². The van der Waals surface area contributed by atoms with Crippen LogP contribution in [-0.4, -0.2) is 15.9 Å². The Morgan fingerprint density at radius 1 is 1.05 bits per heavy atom. The Labute approximate surface area is 120 Å². The molecule has 1 N–H and O–H groups in total. The number of carbonyl (C=O) groups excluding carboxylic acids is 1. The first kappa shape index (κ1) is 13.7. The molecule has 0 aliphatic heterocycles. The highest BCUT2D eigenvalue weighted by Crippen LogP contribution is 2.17. The van der Waals surface area contributed by atoms with Gasteiger partial charge in [-0.2, -0.15) is 0 Å². The van der Waals surface area contributed by atoms with Crippen LogP contribution in [0, 0.1) is 20.8 Å². The average molecular weight is 320 g/mol. The third-order valence-corrected chi connectivity index (χ3v) is 3.24. The van der Waals surface area contributed by atoms with Crippen molar-refractivity contribution in [2.24, 2.45) is 0 Å². The minimum atomic E-state index is -0.183. The van der Waals surface area contributed by atoms with E-state index >= 15 is 0 Å². The lowest BCUT2D eigenvalue weighted by Gasteiger charge is -2.10. The zero-order valence-electron chi connectivity index (χ0n) is 11.0. The number of aromatic nitrogens is 2. The molecule has 0 radical (unpaired) electrons. The van der Waals surface area contributed by atoms with Crippen molar-refractivity contribution in [2.75, 3.05) is 5.32 Å². The highest BCUT2D eigenvalue weighted by molar-refractivity contribution is 9.10. The predicted molar refractivity (Wildman–Crippen MR) is 78.3 cm³/mol. The maximum Gasteiger partial charge on any atom is 0.259 e. The molecule has 1 heterocycles.